The second-order valence-electron chi connectivity index (χ2n) is 9.61. The lowest BCUT2D eigenvalue weighted by Crippen LogP contribution is -2.34. The van der Waals surface area contributed by atoms with E-state index in [9.17, 15) is 5.11 Å². The molecule has 0 saturated carbocycles. The molecule has 2 fully saturated rings. The van der Waals surface area contributed by atoms with Crippen LogP contribution in [0.5, 0.6) is 6.01 Å². The fraction of sp³-hybridized carbons (Fsp3) is 0.480. The maximum Gasteiger partial charge on any atom is 0.296 e. The average molecular weight is 512 g/mol. The number of anilines is 1. The van der Waals surface area contributed by atoms with Crippen molar-refractivity contribution in [2.45, 2.75) is 49.7 Å². The molecule has 0 radical (unpaired) electrons. The van der Waals surface area contributed by atoms with Crippen LogP contribution in [-0.2, 0) is 20.6 Å². The maximum atomic E-state index is 9.94. The summed E-state index contributed by atoms with van der Waals surface area (Å²) >= 11 is 6.58. The van der Waals surface area contributed by atoms with E-state index >= 15 is 0 Å². The number of halogens is 1. The first-order chi connectivity index (χ1) is 17.6. The van der Waals surface area contributed by atoms with Gasteiger partial charge in [0.25, 0.3) is 6.01 Å². The average Bonchev–Trinajstić information content (AvgIpc) is 3.66. The Morgan fingerprint density at radius 2 is 2.06 bits per heavy atom. The molecule has 7 rings (SSSR count). The number of rotatable bonds is 5. The number of H-pyrrole nitrogens is 1. The molecule has 5 atom stereocenters. The number of nitrogens with one attached hydrogen (secondary N) is 2. The molecule has 0 amide bonds. The Hall–Kier alpha value is -2.76. The molecule has 0 spiro atoms. The smallest absolute Gasteiger partial charge is 0.296 e. The highest BCUT2D eigenvalue weighted by atomic mass is 35.5. The Morgan fingerprint density at radius 1 is 1.14 bits per heavy atom. The lowest BCUT2D eigenvalue weighted by atomic mass is 10.0. The number of nitrogens with zero attached hydrogens (tertiary/aromatic N) is 3. The van der Waals surface area contributed by atoms with Crippen LogP contribution in [0.15, 0.2) is 24.4 Å². The molecule has 188 valence electrons. The summed E-state index contributed by atoms with van der Waals surface area (Å²) in [4.78, 5) is 17.1. The predicted molar refractivity (Wildman–Crippen MR) is 131 cm³/mol. The summed E-state index contributed by atoms with van der Waals surface area (Å²) in [7, 11) is 0. The van der Waals surface area contributed by atoms with Crippen molar-refractivity contribution in [1.29, 1.82) is 0 Å². The normalized spacial score (nSPS) is 29.3. The Kier molecular flexibility index (Phi) is 5.59. The predicted octanol–water partition coefficient (Wildman–Crippen LogP) is 2.82. The number of aromatic amines is 1. The topological polar surface area (TPSA) is 124 Å². The third kappa shape index (κ3) is 3.93. The molecule has 11 heteroatoms. The summed E-state index contributed by atoms with van der Waals surface area (Å²) in [5.41, 5.74) is 5.92. The number of aromatic nitrogens is 4. The molecule has 3 aromatic heterocycles. The van der Waals surface area contributed by atoms with Crippen LogP contribution < -0.4 is 10.1 Å². The van der Waals surface area contributed by atoms with Crippen LogP contribution in [0, 0.1) is 0 Å². The molecule has 1 aliphatic carbocycles. The fourth-order valence-corrected chi connectivity index (χ4v) is 5.69. The summed E-state index contributed by atoms with van der Waals surface area (Å²) in [6.45, 7) is 1.99. The monoisotopic (exact) mass is 511 g/mol. The SMILES string of the molecule is O[C@@H]1CO[C@H]2[C@@H]1OC[C@H]2Oc1nc2nc(NC3CCc4cc(C5=CCOCC5)cnc43)c(Cl)cc2[nH]1. The molecular formula is C25H26ClN5O5. The second kappa shape index (κ2) is 8.97. The molecule has 2 saturated heterocycles. The van der Waals surface area contributed by atoms with E-state index in [0.717, 1.165) is 31.6 Å². The third-order valence-electron chi connectivity index (χ3n) is 7.33. The van der Waals surface area contributed by atoms with E-state index in [4.69, 9.17) is 35.5 Å². The maximum absolute atomic E-state index is 9.94. The molecule has 3 N–H and O–H groups in total. The van der Waals surface area contributed by atoms with E-state index < -0.39 is 6.10 Å². The van der Waals surface area contributed by atoms with Gasteiger partial charge in [-0.3, -0.25) is 4.98 Å². The summed E-state index contributed by atoms with van der Waals surface area (Å²) < 4.78 is 22.7. The molecule has 1 unspecified atom stereocenters. The first-order valence-electron chi connectivity index (χ1n) is 12.3. The highest BCUT2D eigenvalue weighted by molar-refractivity contribution is 6.33. The lowest BCUT2D eigenvalue weighted by Gasteiger charge is -2.16. The van der Waals surface area contributed by atoms with E-state index in [1.54, 1.807) is 6.07 Å². The minimum absolute atomic E-state index is 0.0216. The van der Waals surface area contributed by atoms with E-state index in [2.05, 4.69) is 32.4 Å². The number of hydrogen-bond donors (Lipinski definition) is 3. The van der Waals surface area contributed by atoms with Gasteiger partial charge < -0.3 is 34.4 Å². The first-order valence-corrected chi connectivity index (χ1v) is 12.7. The van der Waals surface area contributed by atoms with E-state index in [-0.39, 0.29) is 31.0 Å². The zero-order valence-electron chi connectivity index (χ0n) is 19.4. The van der Waals surface area contributed by atoms with Gasteiger partial charge in [0.2, 0.25) is 0 Å². The molecule has 0 aromatic carbocycles. The van der Waals surface area contributed by atoms with Crippen molar-refractivity contribution < 1.29 is 24.1 Å². The van der Waals surface area contributed by atoms with Crippen molar-refractivity contribution in [3.63, 3.8) is 0 Å². The van der Waals surface area contributed by atoms with Crippen molar-refractivity contribution in [2.75, 3.05) is 31.7 Å². The summed E-state index contributed by atoms with van der Waals surface area (Å²) in [6.07, 6.45) is 5.19. The fourth-order valence-electron chi connectivity index (χ4n) is 5.48. The van der Waals surface area contributed by atoms with E-state index in [1.807, 2.05) is 6.20 Å². The van der Waals surface area contributed by atoms with Gasteiger partial charge in [-0.1, -0.05) is 17.7 Å². The van der Waals surface area contributed by atoms with Crippen LogP contribution in [-0.4, -0.2) is 75.9 Å². The Labute approximate surface area is 212 Å². The van der Waals surface area contributed by atoms with Gasteiger partial charge in [0.1, 0.15) is 24.1 Å². The summed E-state index contributed by atoms with van der Waals surface area (Å²) in [5, 5.41) is 13.9. The van der Waals surface area contributed by atoms with Crippen LogP contribution in [0.4, 0.5) is 5.82 Å². The first kappa shape index (κ1) is 22.4. The zero-order valence-corrected chi connectivity index (χ0v) is 20.2. The van der Waals surface area contributed by atoms with Gasteiger partial charge in [-0.2, -0.15) is 4.98 Å². The van der Waals surface area contributed by atoms with Gasteiger partial charge in [-0.05, 0) is 48.1 Å². The number of hydrogen-bond acceptors (Lipinski definition) is 9. The number of aryl methyl sites for hydroxylation is 1. The minimum Gasteiger partial charge on any atom is -0.456 e. The van der Waals surface area contributed by atoms with E-state index in [1.165, 1.54) is 16.7 Å². The lowest BCUT2D eigenvalue weighted by molar-refractivity contribution is 0.00706. The van der Waals surface area contributed by atoms with Gasteiger partial charge in [0.05, 0.1) is 48.7 Å². The Bertz CT molecular complexity index is 1350. The quantitative estimate of drug-likeness (QED) is 0.474. The highest BCUT2D eigenvalue weighted by Gasteiger charge is 2.48. The van der Waals surface area contributed by atoms with Crippen molar-refractivity contribution in [2.24, 2.45) is 0 Å². The van der Waals surface area contributed by atoms with Crippen LogP contribution in [0.3, 0.4) is 0 Å². The van der Waals surface area contributed by atoms with Gasteiger partial charge in [-0.15, -0.1) is 0 Å². The number of pyridine rings is 2. The van der Waals surface area contributed by atoms with Gasteiger partial charge in [0.15, 0.2) is 11.8 Å². The second-order valence-corrected chi connectivity index (χ2v) is 10.0. The number of aliphatic hydroxyl groups is 1. The van der Waals surface area contributed by atoms with Gasteiger partial charge >= 0.3 is 0 Å². The number of imidazole rings is 1. The number of fused-ring (bicyclic) bond motifs is 3. The molecule has 4 aliphatic rings. The standard InChI is InChI=1S/C25H26ClN5O5/c26-15-8-17-24(31-25(29-17)36-19-11-35-21-18(32)10-34-22(19)21)30-23(15)28-16-2-1-13-7-14(9-27-20(13)16)12-3-5-33-6-4-12/h3,7-9,16,18-19,21-22,32H,1-2,4-6,10-11H2,(H2,28,29,30,31)/t16?,18-,19-,21-,22-/m1/s1. The van der Waals surface area contributed by atoms with Crippen molar-refractivity contribution in [3.8, 4) is 6.01 Å². The van der Waals surface area contributed by atoms with Crippen LogP contribution >= 0.6 is 11.6 Å². The van der Waals surface area contributed by atoms with Crippen LogP contribution in [0.1, 0.15) is 35.7 Å². The molecule has 36 heavy (non-hydrogen) atoms. The molecular weight excluding hydrogens is 486 g/mol. The third-order valence-corrected chi connectivity index (χ3v) is 7.62. The highest BCUT2D eigenvalue weighted by Crippen LogP contribution is 2.37. The Morgan fingerprint density at radius 3 is 2.94 bits per heavy atom. The molecule has 10 nitrogen and oxygen atoms in total. The largest absolute Gasteiger partial charge is 0.456 e. The van der Waals surface area contributed by atoms with E-state index in [0.29, 0.717) is 41.2 Å². The van der Waals surface area contributed by atoms with Crippen molar-refractivity contribution in [1.82, 2.24) is 19.9 Å². The number of ether oxygens (including phenoxy) is 4. The van der Waals surface area contributed by atoms with Gasteiger partial charge in [0, 0.05) is 6.20 Å². The van der Waals surface area contributed by atoms with Gasteiger partial charge in [-0.25, -0.2) is 4.98 Å². The van der Waals surface area contributed by atoms with Crippen molar-refractivity contribution >= 4 is 34.2 Å². The minimum atomic E-state index is -0.630. The van der Waals surface area contributed by atoms with Crippen LogP contribution in [0.2, 0.25) is 5.02 Å². The molecule has 6 heterocycles. The molecule has 3 aromatic rings. The Balaban J connectivity index is 1.09. The summed E-state index contributed by atoms with van der Waals surface area (Å²) in [6, 6.07) is 4.38. The summed E-state index contributed by atoms with van der Waals surface area (Å²) in [5.74, 6) is 0.560. The zero-order chi connectivity index (χ0) is 24.2. The van der Waals surface area contributed by atoms with Crippen molar-refractivity contribution in [3.05, 3.63) is 46.2 Å². The number of aliphatic hydroxyl groups excluding tert-OH is 1. The molecule has 3 aliphatic heterocycles. The van der Waals surface area contributed by atoms with Crippen LogP contribution in [0.25, 0.3) is 16.7 Å². The molecule has 0 bridgehead atoms.